The Morgan fingerprint density at radius 1 is 1.03 bits per heavy atom. The lowest BCUT2D eigenvalue weighted by molar-refractivity contribution is -0.210. The number of hydrogen-bond donors (Lipinski definition) is 1. The van der Waals surface area contributed by atoms with Crippen molar-refractivity contribution in [3.8, 4) is 0 Å². The summed E-state index contributed by atoms with van der Waals surface area (Å²) < 4.78 is 16.6. The first-order chi connectivity index (χ1) is 16.0. The van der Waals surface area contributed by atoms with E-state index in [1.54, 1.807) is 6.08 Å². The summed E-state index contributed by atoms with van der Waals surface area (Å²) in [6.07, 6.45) is 7.98. The number of aliphatic hydroxyl groups is 1. The van der Waals surface area contributed by atoms with Crippen LogP contribution in [0.25, 0.3) is 0 Å². The maximum atomic E-state index is 12.5. The smallest absolute Gasteiger partial charge is 0.331 e. The Hall–Kier alpha value is -1.89. The summed E-state index contributed by atoms with van der Waals surface area (Å²) in [5.74, 6) is -0.190. The molecule has 7 heteroatoms. The molecule has 34 heavy (non-hydrogen) atoms. The van der Waals surface area contributed by atoms with Gasteiger partial charge in [-0.2, -0.15) is 0 Å². The summed E-state index contributed by atoms with van der Waals surface area (Å²) in [5, 5.41) is 12.5. The van der Waals surface area contributed by atoms with Crippen LogP contribution in [-0.2, 0) is 28.6 Å². The second-order valence-electron chi connectivity index (χ2n) is 12.0. The summed E-state index contributed by atoms with van der Waals surface area (Å²) in [4.78, 5) is 35.4. The Morgan fingerprint density at radius 2 is 1.76 bits per heavy atom. The van der Waals surface area contributed by atoms with Gasteiger partial charge in [-0.1, -0.05) is 13.8 Å². The van der Waals surface area contributed by atoms with Crippen LogP contribution >= 0.6 is 0 Å². The standard InChI is InChI=1S/C27H38O7/c1-15(28)33-19-7-9-25(3)18(12-19)5-6-21-20(25)8-10-26(4)24(17-11-23(30)32-14-17)22(34-16(2)29)13-27(21,26)31/h11,18-22,24,31H,5-10,12-14H2,1-4H3/t18-,19+,20+,21-,22-,24+,25+,26-,27-/m1/s1. The Morgan fingerprint density at radius 3 is 2.41 bits per heavy atom. The monoisotopic (exact) mass is 474 g/mol. The Balaban J connectivity index is 1.46. The number of rotatable bonds is 3. The van der Waals surface area contributed by atoms with Crippen molar-refractivity contribution < 1.29 is 33.7 Å². The van der Waals surface area contributed by atoms with E-state index >= 15 is 0 Å². The van der Waals surface area contributed by atoms with Gasteiger partial charge in [-0.3, -0.25) is 9.59 Å². The summed E-state index contributed by atoms with van der Waals surface area (Å²) in [7, 11) is 0. The second-order valence-corrected chi connectivity index (χ2v) is 12.0. The van der Waals surface area contributed by atoms with E-state index in [9.17, 15) is 19.5 Å². The van der Waals surface area contributed by atoms with Crippen LogP contribution < -0.4 is 0 Å². The molecule has 9 atom stereocenters. The first kappa shape index (κ1) is 23.8. The van der Waals surface area contributed by atoms with E-state index in [0.29, 0.717) is 18.3 Å². The lowest BCUT2D eigenvalue weighted by Gasteiger charge is -2.63. The van der Waals surface area contributed by atoms with E-state index in [4.69, 9.17) is 14.2 Å². The summed E-state index contributed by atoms with van der Waals surface area (Å²) in [6.45, 7) is 7.61. The van der Waals surface area contributed by atoms with Crippen LogP contribution in [0.4, 0.5) is 0 Å². The van der Waals surface area contributed by atoms with Gasteiger partial charge in [0.25, 0.3) is 0 Å². The third kappa shape index (κ3) is 3.44. The molecule has 0 bridgehead atoms. The van der Waals surface area contributed by atoms with Crippen molar-refractivity contribution in [1.82, 2.24) is 0 Å². The van der Waals surface area contributed by atoms with Gasteiger partial charge in [0.2, 0.25) is 0 Å². The highest BCUT2D eigenvalue weighted by Crippen LogP contribution is 2.70. The number of hydrogen-bond acceptors (Lipinski definition) is 7. The molecule has 4 fully saturated rings. The summed E-state index contributed by atoms with van der Waals surface area (Å²) in [5.41, 5.74) is -0.535. The Bertz CT molecular complexity index is 926. The minimum Gasteiger partial charge on any atom is -0.463 e. The van der Waals surface area contributed by atoms with Crippen molar-refractivity contribution in [2.24, 2.45) is 34.5 Å². The molecule has 1 N–H and O–H groups in total. The SMILES string of the molecule is CC(=O)O[C@H]1CC[C@@]2(C)[C@H](CC[C@@H]3[C@@H]2CC[C@]2(C)[C@@H](C4=CC(=O)OC4)[C@H](OC(C)=O)C[C@@]32O)C1. The minimum atomic E-state index is -0.978. The van der Waals surface area contributed by atoms with Crippen LogP contribution in [0.5, 0.6) is 0 Å². The number of cyclic esters (lactones) is 1. The van der Waals surface area contributed by atoms with Crippen molar-refractivity contribution in [3.05, 3.63) is 11.6 Å². The molecule has 1 aliphatic heterocycles. The van der Waals surface area contributed by atoms with Gasteiger partial charge in [0, 0.05) is 37.7 Å². The molecular formula is C27H38O7. The average Bonchev–Trinajstić information content (AvgIpc) is 3.25. The third-order valence-corrected chi connectivity index (χ3v) is 10.5. The number of carbonyl (C=O) groups is 3. The molecule has 0 saturated heterocycles. The van der Waals surface area contributed by atoms with Crippen molar-refractivity contribution >= 4 is 17.9 Å². The topological polar surface area (TPSA) is 99.1 Å². The van der Waals surface area contributed by atoms with Crippen LogP contribution in [-0.4, -0.2) is 47.4 Å². The minimum absolute atomic E-state index is 0.000108. The molecule has 0 unspecified atom stereocenters. The lowest BCUT2D eigenvalue weighted by Crippen LogP contribution is -2.62. The number of ether oxygens (including phenoxy) is 3. The van der Waals surface area contributed by atoms with Gasteiger partial charge in [0.15, 0.2) is 0 Å². The van der Waals surface area contributed by atoms with Crippen LogP contribution in [0.2, 0.25) is 0 Å². The van der Waals surface area contributed by atoms with E-state index in [2.05, 4.69) is 13.8 Å². The van der Waals surface area contributed by atoms with Crippen molar-refractivity contribution in [2.75, 3.05) is 6.61 Å². The second kappa shape index (κ2) is 8.07. The molecular weight excluding hydrogens is 436 g/mol. The normalized spacial score (nSPS) is 47.6. The molecule has 7 nitrogen and oxygen atoms in total. The number of fused-ring (bicyclic) bond motifs is 5. The summed E-state index contributed by atoms with van der Waals surface area (Å²) >= 11 is 0. The highest BCUT2D eigenvalue weighted by Gasteiger charge is 2.71. The molecule has 0 aromatic carbocycles. The van der Waals surface area contributed by atoms with Gasteiger partial charge in [-0.15, -0.1) is 0 Å². The maximum Gasteiger partial charge on any atom is 0.331 e. The van der Waals surface area contributed by atoms with Gasteiger partial charge in [0.05, 0.1) is 5.60 Å². The van der Waals surface area contributed by atoms with Crippen LogP contribution in [0.15, 0.2) is 11.6 Å². The van der Waals surface area contributed by atoms with Gasteiger partial charge >= 0.3 is 17.9 Å². The largest absolute Gasteiger partial charge is 0.463 e. The maximum absolute atomic E-state index is 12.5. The Labute approximate surface area is 201 Å². The van der Waals surface area contributed by atoms with Gasteiger partial charge < -0.3 is 19.3 Å². The molecule has 1 heterocycles. The zero-order valence-corrected chi connectivity index (χ0v) is 20.8. The molecule has 4 aliphatic carbocycles. The molecule has 4 saturated carbocycles. The van der Waals surface area contributed by atoms with E-state index in [-0.39, 0.29) is 47.9 Å². The molecule has 0 spiro atoms. The fraction of sp³-hybridized carbons (Fsp3) is 0.815. The third-order valence-electron chi connectivity index (χ3n) is 10.5. The quantitative estimate of drug-likeness (QED) is 0.492. The van der Waals surface area contributed by atoms with E-state index in [1.165, 1.54) is 13.8 Å². The predicted molar refractivity (Wildman–Crippen MR) is 122 cm³/mol. The molecule has 5 rings (SSSR count). The molecule has 188 valence electrons. The number of esters is 3. The zero-order valence-electron chi connectivity index (χ0n) is 20.8. The van der Waals surface area contributed by atoms with E-state index in [1.807, 2.05) is 0 Å². The zero-order chi connectivity index (χ0) is 24.5. The molecule has 5 aliphatic rings. The summed E-state index contributed by atoms with van der Waals surface area (Å²) in [6, 6.07) is 0. The predicted octanol–water partition coefficient (Wildman–Crippen LogP) is 3.72. The van der Waals surface area contributed by atoms with E-state index in [0.717, 1.165) is 50.5 Å². The molecule has 0 amide bonds. The molecule has 0 radical (unpaired) electrons. The average molecular weight is 475 g/mol. The van der Waals surface area contributed by atoms with Crippen molar-refractivity contribution in [1.29, 1.82) is 0 Å². The fourth-order valence-electron chi connectivity index (χ4n) is 9.08. The molecule has 0 aromatic rings. The van der Waals surface area contributed by atoms with Crippen LogP contribution in [0.3, 0.4) is 0 Å². The number of carbonyl (C=O) groups excluding carboxylic acids is 3. The fourth-order valence-corrected chi connectivity index (χ4v) is 9.08. The van der Waals surface area contributed by atoms with Crippen molar-refractivity contribution in [3.63, 3.8) is 0 Å². The van der Waals surface area contributed by atoms with Crippen LogP contribution in [0.1, 0.15) is 79.1 Å². The van der Waals surface area contributed by atoms with Gasteiger partial charge in [0.1, 0.15) is 18.8 Å². The first-order valence-corrected chi connectivity index (χ1v) is 12.9. The van der Waals surface area contributed by atoms with Gasteiger partial charge in [-0.05, 0) is 73.7 Å². The van der Waals surface area contributed by atoms with Crippen LogP contribution in [0, 0.1) is 34.5 Å². The highest BCUT2D eigenvalue weighted by atomic mass is 16.6. The lowest BCUT2D eigenvalue weighted by atomic mass is 9.43. The molecule has 0 aromatic heterocycles. The highest BCUT2D eigenvalue weighted by molar-refractivity contribution is 5.85. The van der Waals surface area contributed by atoms with E-state index < -0.39 is 17.1 Å². The van der Waals surface area contributed by atoms with Crippen molar-refractivity contribution in [2.45, 2.75) is 96.9 Å². The first-order valence-electron chi connectivity index (χ1n) is 12.9. The Kier molecular flexibility index (Phi) is 5.66. The van der Waals surface area contributed by atoms with Gasteiger partial charge in [-0.25, -0.2) is 4.79 Å².